The van der Waals surface area contributed by atoms with Gasteiger partial charge in [-0.15, -0.1) is 0 Å². The lowest BCUT2D eigenvalue weighted by Crippen LogP contribution is -2.32. The number of hydrogen-bond acceptors (Lipinski definition) is 2. The molecule has 0 bridgehead atoms. The van der Waals surface area contributed by atoms with Crippen LogP contribution in [0.4, 0.5) is 4.79 Å². The summed E-state index contributed by atoms with van der Waals surface area (Å²) in [5.41, 5.74) is 0.509. The molecule has 0 saturated heterocycles. The van der Waals surface area contributed by atoms with Crippen LogP contribution in [-0.2, 0) is 4.74 Å². The average molecular weight is 257 g/mol. The van der Waals surface area contributed by atoms with Crippen LogP contribution < -0.4 is 5.32 Å². The molecule has 0 saturated carbocycles. The maximum absolute atomic E-state index is 11.5. The summed E-state index contributed by atoms with van der Waals surface area (Å²) < 4.78 is 5.19. The van der Waals surface area contributed by atoms with Crippen LogP contribution in [0.2, 0.25) is 0 Å². The Bertz CT molecular complexity index is 239. The minimum absolute atomic E-state index is 0.364. The first-order valence-electron chi connectivity index (χ1n) is 7.04. The fraction of sp³-hybridized carbons (Fsp3) is 0.800. The average Bonchev–Trinajstić information content (AvgIpc) is 2.28. The fourth-order valence-corrected chi connectivity index (χ4v) is 1.28. The molecule has 108 valence electrons. The SMILES string of the molecule is C/C=C(/CCCCC)NC(=O)OC(C)(C)C.CC. The molecule has 18 heavy (non-hydrogen) atoms. The molecular weight excluding hydrogens is 226 g/mol. The zero-order valence-electron chi connectivity index (χ0n) is 13.2. The van der Waals surface area contributed by atoms with Gasteiger partial charge in [0.05, 0.1) is 0 Å². The van der Waals surface area contributed by atoms with Crippen molar-refractivity contribution in [3.8, 4) is 0 Å². The minimum atomic E-state index is -0.438. The first kappa shape index (κ1) is 19.4. The molecule has 0 aromatic rings. The maximum Gasteiger partial charge on any atom is 0.411 e. The summed E-state index contributed by atoms with van der Waals surface area (Å²) in [6, 6.07) is 0. The van der Waals surface area contributed by atoms with Gasteiger partial charge in [-0.25, -0.2) is 4.79 Å². The van der Waals surface area contributed by atoms with E-state index in [4.69, 9.17) is 4.74 Å². The number of ether oxygens (including phenoxy) is 1. The number of rotatable bonds is 5. The zero-order valence-corrected chi connectivity index (χ0v) is 13.2. The number of alkyl carbamates (subject to hydrolysis) is 1. The lowest BCUT2D eigenvalue weighted by Gasteiger charge is -2.20. The van der Waals surface area contributed by atoms with Gasteiger partial charge in [-0.2, -0.15) is 0 Å². The molecule has 0 rings (SSSR count). The quantitative estimate of drug-likeness (QED) is 0.702. The van der Waals surface area contributed by atoms with Gasteiger partial charge in [-0.3, -0.25) is 5.32 Å². The van der Waals surface area contributed by atoms with Crippen LogP contribution in [-0.4, -0.2) is 11.7 Å². The van der Waals surface area contributed by atoms with E-state index in [2.05, 4.69) is 12.2 Å². The van der Waals surface area contributed by atoms with Crippen LogP contribution >= 0.6 is 0 Å². The Hall–Kier alpha value is -0.990. The van der Waals surface area contributed by atoms with Crippen molar-refractivity contribution in [2.24, 2.45) is 0 Å². The largest absolute Gasteiger partial charge is 0.444 e. The van der Waals surface area contributed by atoms with Crippen molar-refractivity contribution in [3.05, 3.63) is 11.8 Å². The summed E-state index contributed by atoms with van der Waals surface area (Å²) in [6.07, 6.45) is 5.95. The summed E-state index contributed by atoms with van der Waals surface area (Å²) in [4.78, 5) is 11.5. The van der Waals surface area contributed by atoms with Gasteiger partial charge in [-0.05, 0) is 40.5 Å². The van der Waals surface area contributed by atoms with Crippen LogP contribution in [0.5, 0.6) is 0 Å². The second kappa shape index (κ2) is 11.1. The number of allylic oxidation sites excluding steroid dienone is 2. The second-order valence-corrected chi connectivity index (χ2v) is 4.90. The van der Waals surface area contributed by atoms with Gasteiger partial charge in [0.1, 0.15) is 5.60 Å². The zero-order chi connectivity index (χ0) is 14.6. The number of hydrogen-bond donors (Lipinski definition) is 1. The molecule has 0 aliphatic carbocycles. The third kappa shape index (κ3) is 13.1. The molecule has 1 N–H and O–H groups in total. The van der Waals surface area contributed by atoms with Crippen molar-refractivity contribution in [2.75, 3.05) is 0 Å². The van der Waals surface area contributed by atoms with E-state index < -0.39 is 5.60 Å². The summed E-state index contributed by atoms with van der Waals surface area (Å²) >= 11 is 0. The summed E-state index contributed by atoms with van der Waals surface area (Å²) in [7, 11) is 0. The van der Waals surface area contributed by atoms with Crippen molar-refractivity contribution in [1.29, 1.82) is 0 Å². The van der Waals surface area contributed by atoms with Gasteiger partial charge < -0.3 is 4.74 Å². The van der Waals surface area contributed by atoms with Crippen molar-refractivity contribution in [2.45, 2.75) is 79.8 Å². The lowest BCUT2D eigenvalue weighted by molar-refractivity contribution is 0.0544. The number of carbonyl (C=O) groups is 1. The standard InChI is InChI=1S/C13H25NO2.C2H6/c1-6-8-9-10-11(7-2)14-12(15)16-13(3,4)5;1-2/h7H,6,8-10H2,1-5H3,(H,14,15);1-2H3/b11-7-;. The first-order chi connectivity index (χ1) is 8.39. The highest BCUT2D eigenvalue weighted by Crippen LogP contribution is 2.10. The molecule has 0 unspecified atom stereocenters. The third-order valence-electron chi connectivity index (χ3n) is 2.06. The van der Waals surface area contributed by atoms with Crippen LogP contribution in [0, 0.1) is 0 Å². The van der Waals surface area contributed by atoms with Gasteiger partial charge in [0.15, 0.2) is 0 Å². The fourth-order valence-electron chi connectivity index (χ4n) is 1.28. The number of nitrogens with one attached hydrogen (secondary N) is 1. The Labute approximate surface area is 113 Å². The van der Waals surface area contributed by atoms with E-state index in [9.17, 15) is 4.79 Å². The van der Waals surface area contributed by atoms with Crippen molar-refractivity contribution in [3.63, 3.8) is 0 Å². The highest BCUT2D eigenvalue weighted by atomic mass is 16.6. The third-order valence-corrected chi connectivity index (χ3v) is 2.06. The summed E-state index contributed by atoms with van der Waals surface area (Å²) in [5, 5.41) is 2.78. The Morgan fingerprint density at radius 3 is 2.17 bits per heavy atom. The number of carbonyl (C=O) groups excluding carboxylic acids is 1. The maximum atomic E-state index is 11.5. The lowest BCUT2D eigenvalue weighted by atomic mass is 10.1. The Balaban J connectivity index is 0. The van der Waals surface area contributed by atoms with Gasteiger partial charge >= 0.3 is 6.09 Å². The molecule has 0 aromatic carbocycles. The molecule has 0 fully saturated rings. The molecule has 0 aliphatic rings. The molecule has 3 heteroatoms. The monoisotopic (exact) mass is 257 g/mol. The van der Waals surface area contributed by atoms with Crippen molar-refractivity contribution < 1.29 is 9.53 Å². The second-order valence-electron chi connectivity index (χ2n) is 4.90. The van der Waals surface area contributed by atoms with Crippen LogP contribution in [0.1, 0.15) is 74.1 Å². The van der Waals surface area contributed by atoms with E-state index in [0.29, 0.717) is 0 Å². The first-order valence-corrected chi connectivity index (χ1v) is 7.04. The van der Waals surface area contributed by atoms with E-state index in [1.807, 2.05) is 47.6 Å². The smallest absolute Gasteiger partial charge is 0.411 e. The van der Waals surface area contributed by atoms with E-state index >= 15 is 0 Å². The van der Waals surface area contributed by atoms with E-state index in [0.717, 1.165) is 18.5 Å². The molecule has 3 nitrogen and oxygen atoms in total. The molecule has 0 aromatic heterocycles. The predicted octanol–water partition coefficient (Wildman–Crippen LogP) is 5.02. The predicted molar refractivity (Wildman–Crippen MR) is 78.6 cm³/mol. The van der Waals surface area contributed by atoms with Crippen molar-refractivity contribution in [1.82, 2.24) is 5.32 Å². The summed E-state index contributed by atoms with van der Waals surface area (Å²) in [6.45, 7) is 13.7. The van der Waals surface area contributed by atoms with Crippen LogP contribution in [0.3, 0.4) is 0 Å². The van der Waals surface area contributed by atoms with Gasteiger partial charge in [0.2, 0.25) is 0 Å². The van der Waals surface area contributed by atoms with Crippen molar-refractivity contribution >= 4 is 6.09 Å². The van der Waals surface area contributed by atoms with E-state index in [1.54, 1.807) is 0 Å². The molecule has 0 radical (unpaired) electrons. The Morgan fingerprint density at radius 2 is 1.78 bits per heavy atom. The van der Waals surface area contributed by atoms with Gasteiger partial charge in [-0.1, -0.05) is 39.7 Å². The Kier molecular flexibility index (Phi) is 12.0. The van der Waals surface area contributed by atoms with E-state index in [1.165, 1.54) is 12.8 Å². The molecule has 0 heterocycles. The van der Waals surface area contributed by atoms with E-state index in [-0.39, 0.29) is 6.09 Å². The van der Waals surface area contributed by atoms with Gasteiger partial charge in [0, 0.05) is 5.70 Å². The Morgan fingerprint density at radius 1 is 1.22 bits per heavy atom. The number of unbranched alkanes of at least 4 members (excludes halogenated alkanes) is 2. The molecule has 1 amide bonds. The highest BCUT2D eigenvalue weighted by Gasteiger charge is 2.16. The highest BCUT2D eigenvalue weighted by molar-refractivity contribution is 5.69. The molecule has 0 aliphatic heterocycles. The summed E-state index contributed by atoms with van der Waals surface area (Å²) in [5.74, 6) is 0. The number of amides is 1. The van der Waals surface area contributed by atoms with Crippen LogP contribution in [0.25, 0.3) is 0 Å². The molecular formula is C15H31NO2. The topological polar surface area (TPSA) is 38.3 Å². The normalized spacial score (nSPS) is 11.4. The minimum Gasteiger partial charge on any atom is -0.444 e. The van der Waals surface area contributed by atoms with Crippen LogP contribution in [0.15, 0.2) is 11.8 Å². The molecule has 0 atom stereocenters. The molecule has 0 spiro atoms. The van der Waals surface area contributed by atoms with Gasteiger partial charge in [0.25, 0.3) is 0 Å².